The normalized spacial score (nSPS) is 11.0. The lowest BCUT2D eigenvalue weighted by molar-refractivity contribution is 0.0489. The summed E-state index contributed by atoms with van der Waals surface area (Å²) in [5.41, 5.74) is 1.32. The van der Waals surface area contributed by atoms with Crippen LogP contribution in [0.15, 0.2) is 39.2 Å². The highest BCUT2D eigenvalue weighted by atomic mass is 16.5. The number of aromatic nitrogens is 1. The summed E-state index contributed by atoms with van der Waals surface area (Å²) in [5.74, 6) is 0.451. The fraction of sp³-hybridized carbons (Fsp3) is 0.250. The van der Waals surface area contributed by atoms with Gasteiger partial charge in [0.1, 0.15) is 5.58 Å². The number of esters is 1. The minimum absolute atomic E-state index is 0.148. The van der Waals surface area contributed by atoms with Crippen LogP contribution < -0.4 is 0 Å². The molecule has 5 heteroatoms. The number of furan rings is 1. The van der Waals surface area contributed by atoms with Crippen molar-refractivity contribution in [3.8, 4) is 11.7 Å². The molecule has 2 heterocycles. The first kappa shape index (κ1) is 13.4. The second-order valence-electron chi connectivity index (χ2n) is 4.52. The van der Waals surface area contributed by atoms with Crippen LogP contribution in [0.2, 0.25) is 0 Å². The molecule has 21 heavy (non-hydrogen) atoms. The van der Waals surface area contributed by atoms with Crippen molar-refractivity contribution in [1.29, 1.82) is 0 Å². The van der Waals surface area contributed by atoms with E-state index in [2.05, 4.69) is 4.98 Å². The van der Waals surface area contributed by atoms with E-state index in [0.29, 0.717) is 30.4 Å². The van der Waals surface area contributed by atoms with Crippen LogP contribution in [-0.4, -0.2) is 17.6 Å². The molecule has 108 valence electrons. The van der Waals surface area contributed by atoms with Gasteiger partial charge >= 0.3 is 5.97 Å². The molecule has 0 aliphatic heterocycles. The molecule has 0 unspecified atom stereocenters. The lowest BCUT2D eigenvalue weighted by Gasteiger charge is -1.98. The topological polar surface area (TPSA) is 65.5 Å². The summed E-state index contributed by atoms with van der Waals surface area (Å²) >= 11 is 0. The molecule has 0 spiro atoms. The summed E-state index contributed by atoms with van der Waals surface area (Å²) in [4.78, 5) is 16.2. The predicted octanol–water partition coefficient (Wildman–Crippen LogP) is 3.83. The van der Waals surface area contributed by atoms with Crippen LogP contribution in [0.4, 0.5) is 0 Å². The molecule has 0 atom stereocenters. The zero-order valence-corrected chi connectivity index (χ0v) is 11.9. The summed E-state index contributed by atoms with van der Waals surface area (Å²) < 4.78 is 16.2. The van der Waals surface area contributed by atoms with Crippen LogP contribution in [0.3, 0.4) is 0 Å². The van der Waals surface area contributed by atoms with E-state index >= 15 is 0 Å². The van der Waals surface area contributed by atoms with E-state index in [-0.39, 0.29) is 5.76 Å². The summed E-state index contributed by atoms with van der Waals surface area (Å²) in [5, 5.41) is 0.960. The Hall–Kier alpha value is -2.56. The second-order valence-corrected chi connectivity index (χ2v) is 4.52. The predicted molar refractivity (Wildman–Crippen MR) is 77.0 cm³/mol. The second kappa shape index (κ2) is 5.44. The number of benzene rings is 1. The van der Waals surface area contributed by atoms with E-state index in [4.69, 9.17) is 13.6 Å². The van der Waals surface area contributed by atoms with Crippen LogP contribution in [0.1, 0.15) is 30.1 Å². The van der Waals surface area contributed by atoms with Crippen LogP contribution in [0.5, 0.6) is 0 Å². The van der Waals surface area contributed by atoms with Gasteiger partial charge in [-0.25, -0.2) is 9.78 Å². The minimum Gasteiger partial charge on any atom is -0.460 e. The maximum Gasteiger partial charge on any atom is 0.376 e. The number of para-hydroxylation sites is 1. The number of aryl methyl sites for hydroxylation is 1. The molecule has 0 saturated heterocycles. The number of hydrogen-bond acceptors (Lipinski definition) is 5. The van der Waals surface area contributed by atoms with Crippen molar-refractivity contribution in [3.05, 3.63) is 41.8 Å². The number of ether oxygens (including phenoxy) is 1. The Bertz CT molecular complexity index is 752. The van der Waals surface area contributed by atoms with Crippen molar-refractivity contribution in [2.45, 2.75) is 20.3 Å². The molecule has 0 radical (unpaired) electrons. The molecule has 0 amide bonds. The first-order valence-electron chi connectivity index (χ1n) is 6.88. The minimum atomic E-state index is -0.496. The molecular formula is C16H15NO4. The van der Waals surface area contributed by atoms with E-state index in [1.807, 2.05) is 37.3 Å². The zero-order valence-electron chi connectivity index (χ0n) is 11.9. The van der Waals surface area contributed by atoms with Gasteiger partial charge in [-0.1, -0.05) is 25.1 Å². The monoisotopic (exact) mass is 285 g/mol. The molecule has 3 rings (SSSR count). The number of rotatable bonds is 4. The Balaban J connectivity index is 2.04. The molecule has 0 aliphatic rings. The van der Waals surface area contributed by atoms with Gasteiger partial charge in [0.2, 0.25) is 5.76 Å². The number of hydrogen-bond donors (Lipinski definition) is 0. The van der Waals surface area contributed by atoms with E-state index < -0.39 is 5.97 Å². The fourth-order valence-electron chi connectivity index (χ4n) is 2.14. The van der Waals surface area contributed by atoms with E-state index in [9.17, 15) is 4.79 Å². The molecule has 0 aliphatic carbocycles. The third-order valence-corrected chi connectivity index (χ3v) is 3.13. The number of oxazole rings is 1. The third-order valence-electron chi connectivity index (χ3n) is 3.13. The highest BCUT2D eigenvalue weighted by Gasteiger charge is 2.22. The van der Waals surface area contributed by atoms with Gasteiger partial charge < -0.3 is 13.6 Å². The van der Waals surface area contributed by atoms with Crippen molar-refractivity contribution >= 4 is 16.9 Å². The van der Waals surface area contributed by atoms with E-state index in [0.717, 1.165) is 11.0 Å². The Labute approximate surface area is 121 Å². The lowest BCUT2D eigenvalue weighted by atomic mass is 10.2. The molecule has 2 aromatic heterocycles. The Morgan fingerprint density at radius 2 is 2.05 bits per heavy atom. The standard InChI is InChI=1S/C16H15NO4/c1-3-11-14(16(18)19-4-2)21-15(17-11)13-9-10-7-5-6-8-12(10)20-13/h5-9H,3-4H2,1-2H3. The van der Waals surface area contributed by atoms with Gasteiger partial charge in [0.05, 0.1) is 12.3 Å². The van der Waals surface area contributed by atoms with Gasteiger partial charge in [-0.05, 0) is 25.5 Å². The smallest absolute Gasteiger partial charge is 0.376 e. The maximum atomic E-state index is 11.9. The van der Waals surface area contributed by atoms with Crippen molar-refractivity contribution in [1.82, 2.24) is 4.98 Å². The van der Waals surface area contributed by atoms with Crippen molar-refractivity contribution in [3.63, 3.8) is 0 Å². The largest absolute Gasteiger partial charge is 0.460 e. The van der Waals surface area contributed by atoms with Gasteiger partial charge in [0, 0.05) is 5.39 Å². The average molecular weight is 285 g/mol. The van der Waals surface area contributed by atoms with Gasteiger partial charge in [0.15, 0.2) is 5.76 Å². The maximum absolute atomic E-state index is 11.9. The Kier molecular flexibility index (Phi) is 3.48. The van der Waals surface area contributed by atoms with E-state index in [1.54, 1.807) is 6.92 Å². The molecule has 0 saturated carbocycles. The molecule has 5 nitrogen and oxygen atoms in total. The SMILES string of the molecule is CCOC(=O)c1oc(-c2cc3ccccc3o2)nc1CC. The number of carbonyl (C=O) groups is 1. The quantitative estimate of drug-likeness (QED) is 0.682. The van der Waals surface area contributed by atoms with Gasteiger partial charge in [-0.15, -0.1) is 0 Å². The Morgan fingerprint density at radius 1 is 1.24 bits per heavy atom. The molecule has 0 bridgehead atoms. The van der Waals surface area contributed by atoms with Crippen LogP contribution in [0, 0.1) is 0 Å². The lowest BCUT2D eigenvalue weighted by Crippen LogP contribution is -2.05. The molecule has 0 N–H and O–H groups in total. The summed E-state index contributed by atoms with van der Waals surface area (Å²) in [6.45, 7) is 3.95. The highest BCUT2D eigenvalue weighted by Crippen LogP contribution is 2.29. The van der Waals surface area contributed by atoms with Gasteiger partial charge in [-0.2, -0.15) is 0 Å². The molecule has 3 aromatic rings. The number of carbonyl (C=O) groups excluding carboxylic acids is 1. The van der Waals surface area contributed by atoms with E-state index in [1.165, 1.54) is 0 Å². The first-order chi connectivity index (χ1) is 10.2. The molecular weight excluding hydrogens is 270 g/mol. The fourth-order valence-corrected chi connectivity index (χ4v) is 2.14. The summed E-state index contributed by atoms with van der Waals surface area (Å²) in [6, 6.07) is 9.48. The molecule has 0 fully saturated rings. The average Bonchev–Trinajstić information content (AvgIpc) is 3.11. The Morgan fingerprint density at radius 3 is 2.76 bits per heavy atom. The van der Waals surface area contributed by atoms with Gasteiger partial charge in [-0.3, -0.25) is 0 Å². The van der Waals surface area contributed by atoms with Crippen LogP contribution in [0.25, 0.3) is 22.6 Å². The zero-order chi connectivity index (χ0) is 14.8. The highest BCUT2D eigenvalue weighted by molar-refractivity contribution is 5.88. The van der Waals surface area contributed by atoms with Crippen molar-refractivity contribution < 1.29 is 18.4 Å². The first-order valence-corrected chi connectivity index (χ1v) is 6.88. The van der Waals surface area contributed by atoms with Crippen molar-refractivity contribution in [2.24, 2.45) is 0 Å². The molecule has 1 aromatic carbocycles. The van der Waals surface area contributed by atoms with Crippen LogP contribution >= 0.6 is 0 Å². The third kappa shape index (κ3) is 2.42. The van der Waals surface area contributed by atoms with Crippen LogP contribution in [-0.2, 0) is 11.2 Å². The number of fused-ring (bicyclic) bond motifs is 1. The summed E-state index contributed by atoms with van der Waals surface area (Å²) in [6.07, 6.45) is 0.581. The number of nitrogens with zero attached hydrogens (tertiary/aromatic N) is 1. The van der Waals surface area contributed by atoms with Crippen molar-refractivity contribution in [2.75, 3.05) is 6.61 Å². The summed E-state index contributed by atoms with van der Waals surface area (Å²) in [7, 11) is 0. The van der Waals surface area contributed by atoms with Gasteiger partial charge in [0.25, 0.3) is 5.89 Å².